The van der Waals surface area contributed by atoms with Crippen molar-refractivity contribution in [1.82, 2.24) is 9.80 Å². The number of fused-ring (bicyclic) bond motifs is 2. The number of amides is 5. The van der Waals surface area contributed by atoms with Gasteiger partial charge in [-0.1, -0.05) is 31.5 Å². The second-order valence-corrected chi connectivity index (χ2v) is 12.9. The minimum absolute atomic E-state index is 0.119. The lowest BCUT2D eigenvalue weighted by atomic mass is 9.99. The summed E-state index contributed by atoms with van der Waals surface area (Å²) in [7, 11) is 1.64. The van der Waals surface area contributed by atoms with Crippen LogP contribution in [0.25, 0.3) is 0 Å². The van der Waals surface area contributed by atoms with Gasteiger partial charge in [0.05, 0.1) is 41.8 Å². The number of carbonyl (C=O) groups excluding carboxylic acids is 4. The number of ether oxygens (including phenoxy) is 3. The number of nitrogens with zero attached hydrogens (tertiary/aromatic N) is 2. The third-order valence-corrected chi connectivity index (χ3v) is 8.93. The van der Waals surface area contributed by atoms with Gasteiger partial charge in [-0.15, -0.1) is 0 Å². The van der Waals surface area contributed by atoms with E-state index in [0.717, 1.165) is 0 Å². The lowest BCUT2D eigenvalue weighted by molar-refractivity contribution is -0.116. The van der Waals surface area contributed by atoms with Gasteiger partial charge in [-0.3, -0.25) is 14.4 Å². The summed E-state index contributed by atoms with van der Waals surface area (Å²) in [6.45, 7) is 3.98. The van der Waals surface area contributed by atoms with Gasteiger partial charge in [0.2, 0.25) is 18.6 Å². The van der Waals surface area contributed by atoms with E-state index in [2.05, 4.69) is 16.0 Å². The number of carbonyl (C=O) groups is 4. The molecule has 0 radical (unpaired) electrons. The molecule has 0 aliphatic carbocycles. The molecule has 0 bridgehead atoms. The first-order valence-electron chi connectivity index (χ1n) is 17.1. The van der Waals surface area contributed by atoms with Crippen molar-refractivity contribution >= 4 is 46.5 Å². The molecule has 2 aliphatic rings. The van der Waals surface area contributed by atoms with E-state index in [1.807, 2.05) is 6.92 Å². The molecule has 3 atom stereocenters. The fraction of sp³-hybridized carbons (Fsp3) is 0.405. The van der Waals surface area contributed by atoms with Gasteiger partial charge >= 0.3 is 6.03 Å². The normalized spacial score (nSPS) is 16.9. The number of para-hydroxylation sites is 3. The van der Waals surface area contributed by atoms with E-state index in [1.165, 1.54) is 4.90 Å². The molecular weight excluding hydrogens is 656 g/mol. The van der Waals surface area contributed by atoms with Crippen molar-refractivity contribution in [3.8, 4) is 17.2 Å². The fourth-order valence-corrected chi connectivity index (χ4v) is 5.89. The molecule has 0 unspecified atom stereocenters. The minimum Gasteiger partial charge on any atom is -0.485 e. The Kier molecular flexibility index (Phi) is 12.2. The van der Waals surface area contributed by atoms with Crippen LogP contribution in [0.4, 0.5) is 27.5 Å². The molecule has 5 rings (SSSR count). The van der Waals surface area contributed by atoms with E-state index in [-0.39, 0.29) is 73.9 Å². The number of aliphatic hydroxyl groups excluding tert-OH is 1. The van der Waals surface area contributed by atoms with Gasteiger partial charge in [0, 0.05) is 44.1 Å². The maximum Gasteiger partial charge on any atom is 0.321 e. The fourth-order valence-electron chi connectivity index (χ4n) is 5.89. The maximum absolute atomic E-state index is 13.8. The number of aliphatic hydroxyl groups is 1. The summed E-state index contributed by atoms with van der Waals surface area (Å²) in [5.74, 6) is 0.321. The SMILES string of the molecule is C[C@@H]1CN([C@H](C)CO)C(=O)c2cccc(NC(=O)CCCCCC(=O)Nc3ccccc3N)c2O[C@H]1CN(C)C(=O)Nc1ccc2c(c1)OCO2. The second kappa shape index (κ2) is 16.9. The Hall–Kier alpha value is -5.50. The lowest BCUT2D eigenvalue weighted by Gasteiger charge is -2.38. The molecule has 14 heteroatoms. The molecule has 0 spiro atoms. The van der Waals surface area contributed by atoms with Crippen LogP contribution < -0.4 is 35.9 Å². The number of hydrogen-bond acceptors (Lipinski definition) is 9. The number of likely N-dealkylation sites (N-methyl/N-ethyl adjacent to an activating group) is 1. The quantitative estimate of drug-likeness (QED) is 0.122. The molecule has 0 aromatic heterocycles. The number of anilines is 4. The zero-order chi connectivity index (χ0) is 36.5. The maximum atomic E-state index is 13.8. The molecule has 14 nitrogen and oxygen atoms in total. The zero-order valence-electron chi connectivity index (χ0n) is 29.1. The van der Waals surface area contributed by atoms with Crippen LogP contribution in [0.15, 0.2) is 60.7 Å². The van der Waals surface area contributed by atoms with E-state index in [1.54, 1.807) is 79.5 Å². The molecule has 51 heavy (non-hydrogen) atoms. The Balaban J connectivity index is 1.23. The van der Waals surface area contributed by atoms with Gasteiger partial charge in [-0.25, -0.2) is 4.79 Å². The van der Waals surface area contributed by atoms with E-state index in [0.29, 0.717) is 59.9 Å². The van der Waals surface area contributed by atoms with Crippen molar-refractivity contribution in [2.45, 2.75) is 58.1 Å². The van der Waals surface area contributed by atoms with E-state index < -0.39 is 12.1 Å². The topological polar surface area (TPSA) is 185 Å². The molecule has 3 aromatic carbocycles. The highest BCUT2D eigenvalue weighted by Crippen LogP contribution is 2.36. The standard InChI is InChI=1S/C37H46N6O8/c1-23-19-43(24(2)21-44)36(47)26-10-9-13-29(41-34(46)15-6-4-5-14-33(45)40-28-12-8-7-11-27(28)38)35(26)51-32(23)20-42(3)37(48)39-25-16-17-30-31(18-25)50-22-49-30/h7-13,16-18,23-24,32,44H,4-6,14-15,19-22,38H2,1-3H3,(H,39,48)(H,40,45)(H,41,46)/t23-,24-,32+/m1/s1. The van der Waals surface area contributed by atoms with Gasteiger partial charge in [-0.2, -0.15) is 0 Å². The highest BCUT2D eigenvalue weighted by atomic mass is 16.7. The number of nitrogen functional groups attached to an aromatic ring is 1. The first-order valence-corrected chi connectivity index (χ1v) is 17.1. The number of unbranched alkanes of at least 4 members (excludes halogenated alkanes) is 2. The lowest BCUT2D eigenvalue weighted by Crippen LogP contribution is -2.50. The van der Waals surface area contributed by atoms with Crippen LogP contribution in [0.2, 0.25) is 0 Å². The molecule has 3 aromatic rings. The van der Waals surface area contributed by atoms with Crippen LogP contribution in [0, 0.1) is 5.92 Å². The minimum atomic E-state index is -0.590. The molecule has 5 amide bonds. The first-order chi connectivity index (χ1) is 24.5. The number of rotatable bonds is 13. The molecule has 0 saturated carbocycles. The number of hydrogen-bond donors (Lipinski definition) is 5. The third kappa shape index (κ3) is 9.39. The Bertz CT molecular complexity index is 1730. The molecule has 0 fully saturated rings. The highest BCUT2D eigenvalue weighted by Gasteiger charge is 2.35. The molecule has 2 aliphatic heterocycles. The monoisotopic (exact) mass is 702 g/mol. The van der Waals surface area contributed by atoms with E-state index in [9.17, 15) is 24.3 Å². The van der Waals surface area contributed by atoms with Gasteiger partial charge in [0.1, 0.15) is 6.10 Å². The average molecular weight is 703 g/mol. The predicted molar refractivity (Wildman–Crippen MR) is 193 cm³/mol. The summed E-state index contributed by atoms with van der Waals surface area (Å²) in [5, 5.41) is 18.6. The van der Waals surface area contributed by atoms with Crippen LogP contribution in [0.5, 0.6) is 17.2 Å². The van der Waals surface area contributed by atoms with Gasteiger partial charge in [0.15, 0.2) is 17.2 Å². The molecular formula is C37H46N6O8. The van der Waals surface area contributed by atoms with Crippen molar-refractivity contribution in [2.75, 3.05) is 55.2 Å². The number of benzene rings is 3. The zero-order valence-corrected chi connectivity index (χ0v) is 29.1. The van der Waals surface area contributed by atoms with Gasteiger partial charge < -0.3 is 50.8 Å². The van der Waals surface area contributed by atoms with E-state index in [4.69, 9.17) is 19.9 Å². The van der Waals surface area contributed by atoms with Gasteiger partial charge in [0.25, 0.3) is 5.91 Å². The Labute approximate surface area is 297 Å². The Morgan fingerprint density at radius 2 is 1.63 bits per heavy atom. The summed E-state index contributed by atoms with van der Waals surface area (Å²) in [6.07, 6.45) is 1.70. The van der Waals surface area contributed by atoms with Crippen molar-refractivity contribution in [3.63, 3.8) is 0 Å². The van der Waals surface area contributed by atoms with Crippen LogP contribution in [0.3, 0.4) is 0 Å². The largest absolute Gasteiger partial charge is 0.485 e. The summed E-state index contributed by atoms with van der Waals surface area (Å²) >= 11 is 0. The summed E-state index contributed by atoms with van der Waals surface area (Å²) in [4.78, 5) is 55.6. The van der Waals surface area contributed by atoms with Crippen LogP contribution in [0.1, 0.15) is 56.3 Å². The van der Waals surface area contributed by atoms with Crippen LogP contribution in [-0.4, -0.2) is 84.3 Å². The van der Waals surface area contributed by atoms with Gasteiger partial charge in [-0.05, 0) is 56.2 Å². The van der Waals surface area contributed by atoms with Crippen molar-refractivity contribution < 1.29 is 38.5 Å². The van der Waals surface area contributed by atoms with Crippen molar-refractivity contribution in [3.05, 3.63) is 66.2 Å². The second-order valence-electron chi connectivity index (χ2n) is 12.9. The molecule has 2 heterocycles. The van der Waals surface area contributed by atoms with Crippen LogP contribution >= 0.6 is 0 Å². The summed E-state index contributed by atoms with van der Waals surface area (Å²) in [6, 6.07) is 16.3. The highest BCUT2D eigenvalue weighted by molar-refractivity contribution is 6.01. The van der Waals surface area contributed by atoms with Crippen LogP contribution in [-0.2, 0) is 9.59 Å². The Morgan fingerprint density at radius 1 is 0.941 bits per heavy atom. The average Bonchev–Trinajstić information content (AvgIpc) is 3.58. The summed E-state index contributed by atoms with van der Waals surface area (Å²) < 4.78 is 17.3. The molecule has 0 saturated heterocycles. The molecule has 6 N–H and O–H groups in total. The third-order valence-electron chi connectivity index (χ3n) is 8.93. The van der Waals surface area contributed by atoms with Crippen molar-refractivity contribution in [2.24, 2.45) is 5.92 Å². The van der Waals surface area contributed by atoms with Crippen molar-refractivity contribution in [1.29, 1.82) is 0 Å². The first kappa shape index (κ1) is 36.8. The number of nitrogens with two attached hydrogens (primary N) is 1. The van der Waals surface area contributed by atoms with E-state index >= 15 is 0 Å². The number of urea groups is 1. The number of nitrogens with one attached hydrogen (secondary N) is 3. The smallest absolute Gasteiger partial charge is 0.321 e. The Morgan fingerprint density at radius 3 is 2.35 bits per heavy atom. The predicted octanol–water partition coefficient (Wildman–Crippen LogP) is 4.91. The summed E-state index contributed by atoms with van der Waals surface area (Å²) in [5.41, 5.74) is 8.06. The molecule has 272 valence electrons.